The molecular weight excluding hydrogens is 548 g/mol. The number of carboxylic acid groups (broad SMARTS) is 1. The first-order chi connectivity index (χ1) is 19.9. The molecular formula is C31H29F2N3O6. The maximum atomic E-state index is 14.9. The smallest absolute Gasteiger partial charge is 0.339 e. The number of aromatic hydroxyl groups is 1. The molecule has 0 radical (unpaired) electrons. The largest absolute Gasteiger partial charge is 0.507 e. The molecule has 0 atom stereocenters. The summed E-state index contributed by atoms with van der Waals surface area (Å²) >= 11 is 0. The summed E-state index contributed by atoms with van der Waals surface area (Å²) in [6.07, 6.45) is 0.918. The van der Waals surface area contributed by atoms with Gasteiger partial charge in [-0.3, -0.25) is 0 Å². The molecule has 9 nitrogen and oxygen atoms in total. The van der Waals surface area contributed by atoms with Gasteiger partial charge in [-0.2, -0.15) is 4.98 Å². The molecule has 0 saturated carbocycles. The zero-order valence-electron chi connectivity index (χ0n) is 23.7. The Morgan fingerprint density at radius 2 is 1.79 bits per heavy atom. The van der Waals surface area contributed by atoms with Crippen LogP contribution in [-0.4, -0.2) is 45.1 Å². The van der Waals surface area contributed by atoms with Gasteiger partial charge in [0.2, 0.25) is 5.89 Å². The first kappa shape index (κ1) is 28.6. The molecule has 0 aliphatic rings. The van der Waals surface area contributed by atoms with Crippen LogP contribution in [0.5, 0.6) is 17.2 Å². The van der Waals surface area contributed by atoms with E-state index in [1.54, 1.807) is 29.7 Å². The minimum absolute atomic E-state index is 0.0185. The van der Waals surface area contributed by atoms with E-state index in [1.165, 1.54) is 38.5 Å². The molecule has 42 heavy (non-hydrogen) atoms. The number of halogens is 2. The minimum atomic E-state index is -1.17. The third-order valence-corrected chi connectivity index (χ3v) is 7.31. The molecule has 11 heteroatoms. The molecule has 0 bridgehead atoms. The number of nitrogens with zero attached hydrogens (tertiary/aromatic N) is 3. The van der Waals surface area contributed by atoms with Gasteiger partial charge in [0.05, 0.1) is 25.1 Å². The van der Waals surface area contributed by atoms with E-state index < -0.39 is 23.0 Å². The molecule has 2 N–H and O–H groups in total. The van der Waals surface area contributed by atoms with E-state index in [1.807, 2.05) is 13.8 Å². The topological polar surface area (TPSA) is 120 Å². The Kier molecular flexibility index (Phi) is 7.36. The highest BCUT2D eigenvalue weighted by Gasteiger charge is 2.34. The fourth-order valence-corrected chi connectivity index (χ4v) is 5.35. The summed E-state index contributed by atoms with van der Waals surface area (Å²) in [4.78, 5) is 16.1. The Morgan fingerprint density at radius 3 is 2.43 bits per heavy atom. The summed E-state index contributed by atoms with van der Waals surface area (Å²) in [5, 5.41) is 25.2. The van der Waals surface area contributed by atoms with Crippen molar-refractivity contribution in [2.45, 2.75) is 39.0 Å². The lowest BCUT2D eigenvalue weighted by Crippen LogP contribution is -2.23. The number of carboxylic acids is 1. The van der Waals surface area contributed by atoms with Gasteiger partial charge in [0.15, 0.2) is 17.4 Å². The highest BCUT2D eigenvalue weighted by Crippen LogP contribution is 2.48. The van der Waals surface area contributed by atoms with Gasteiger partial charge in [0, 0.05) is 47.8 Å². The molecule has 5 aromatic rings. The molecule has 2 heterocycles. The molecule has 0 saturated heterocycles. The van der Waals surface area contributed by atoms with Crippen molar-refractivity contribution >= 4 is 16.9 Å². The summed E-state index contributed by atoms with van der Waals surface area (Å²) in [5.41, 5.74) is 1.70. The second-order valence-corrected chi connectivity index (χ2v) is 10.5. The lowest BCUT2D eigenvalue weighted by molar-refractivity contribution is 0.0693. The van der Waals surface area contributed by atoms with Gasteiger partial charge in [-0.25, -0.2) is 13.6 Å². The number of hydrogen-bond donors (Lipinski definition) is 2. The van der Waals surface area contributed by atoms with Gasteiger partial charge in [-0.1, -0.05) is 25.1 Å². The fourth-order valence-electron chi connectivity index (χ4n) is 5.35. The Balaban J connectivity index is 1.88. The molecule has 0 unspecified atom stereocenters. The predicted molar refractivity (Wildman–Crippen MR) is 151 cm³/mol. The van der Waals surface area contributed by atoms with Crippen molar-refractivity contribution < 1.29 is 37.8 Å². The zero-order valence-corrected chi connectivity index (χ0v) is 23.7. The number of aryl methyl sites for hydroxylation is 2. The SMILES string of the molecule is COc1cc(-n2c(C(C)(C)CCc3noc(C)n3)c(-c3ccc(C(=O)O)c(OC)c3)c3c(O)cc(F)cc32)ccc1F. The molecule has 0 aliphatic heterocycles. The van der Waals surface area contributed by atoms with Crippen molar-refractivity contribution in [3.63, 3.8) is 0 Å². The molecule has 0 amide bonds. The van der Waals surface area contributed by atoms with E-state index in [0.717, 1.165) is 6.07 Å². The number of hydrogen-bond acceptors (Lipinski definition) is 7. The third-order valence-electron chi connectivity index (χ3n) is 7.31. The second-order valence-electron chi connectivity index (χ2n) is 10.5. The van der Waals surface area contributed by atoms with E-state index in [-0.39, 0.29) is 22.8 Å². The van der Waals surface area contributed by atoms with Crippen molar-refractivity contribution in [2.75, 3.05) is 14.2 Å². The van der Waals surface area contributed by atoms with Gasteiger partial charge < -0.3 is 28.8 Å². The number of phenols is 1. The summed E-state index contributed by atoms with van der Waals surface area (Å²) in [6, 6.07) is 11.2. The van der Waals surface area contributed by atoms with Crippen LogP contribution in [0.1, 0.15) is 48.0 Å². The van der Waals surface area contributed by atoms with Gasteiger partial charge in [-0.05, 0) is 42.3 Å². The van der Waals surface area contributed by atoms with Crippen LogP contribution in [0.3, 0.4) is 0 Å². The van der Waals surface area contributed by atoms with Crippen LogP contribution in [0.2, 0.25) is 0 Å². The minimum Gasteiger partial charge on any atom is -0.507 e. The van der Waals surface area contributed by atoms with Crippen molar-refractivity contribution in [3.05, 3.63) is 83.1 Å². The number of fused-ring (bicyclic) bond motifs is 1. The monoisotopic (exact) mass is 577 g/mol. The number of phenolic OH excluding ortho intramolecular Hbond substituents is 1. The number of methoxy groups -OCH3 is 2. The van der Waals surface area contributed by atoms with Gasteiger partial charge >= 0.3 is 5.97 Å². The van der Waals surface area contributed by atoms with Gasteiger partial charge in [0.1, 0.15) is 22.9 Å². The Hall–Kier alpha value is -4.93. The Morgan fingerprint density at radius 1 is 1.05 bits per heavy atom. The summed E-state index contributed by atoms with van der Waals surface area (Å²) in [7, 11) is 2.71. The molecule has 0 fully saturated rings. The average Bonchev–Trinajstić information content (AvgIpc) is 3.53. The maximum absolute atomic E-state index is 14.9. The summed E-state index contributed by atoms with van der Waals surface area (Å²) < 4.78 is 47.0. The number of aromatic carboxylic acids is 1. The lowest BCUT2D eigenvalue weighted by Gasteiger charge is -2.29. The maximum Gasteiger partial charge on any atom is 0.339 e. The molecule has 0 aliphatic carbocycles. The van der Waals surface area contributed by atoms with Crippen LogP contribution < -0.4 is 9.47 Å². The molecule has 3 aromatic carbocycles. The first-order valence-electron chi connectivity index (χ1n) is 13.1. The summed E-state index contributed by atoms with van der Waals surface area (Å²) in [6.45, 7) is 5.65. The second kappa shape index (κ2) is 10.8. The van der Waals surface area contributed by atoms with E-state index >= 15 is 0 Å². The van der Waals surface area contributed by atoms with Crippen LogP contribution in [0.4, 0.5) is 8.78 Å². The van der Waals surface area contributed by atoms with Crippen molar-refractivity contribution in [1.82, 2.24) is 14.7 Å². The quantitative estimate of drug-likeness (QED) is 0.201. The Labute approximate surface area is 239 Å². The lowest BCUT2D eigenvalue weighted by atomic mass is 9.80. The number of rotatable bonds is 9. The first-order valence-corrected chi connectivity index (χ1v) is 13.1. The fraction of sp³-hybridized carbons (Fsp3) is 0.258. The number of ether oxygens (including phenoxy) is 2. The van der Waals surface area contributed by atoms with Crippen molar-refractivity contribution in [1.29, 1.82) is 0 Å². The van der Waals surface area contributed by atoms with Crippen LogP contribution in [-0.2, 0) is 11.8 Å². The molecule has 218 valence electrons. The van der Waals surface area contributed by atoms with Crippen molar-refractivity contribution in [2.24, 2.45) is 0 Å². The van der Waals surface area contributed by atoms with Crippen LogP contribution in [0.15, 0.2) is 53.1 Å². The van der Waals surface area contributed by atoms with E-state index in [2.05, 4.69) is 10.1 Å². The normalized spacial score (nSPS) is 11.7. The van der Waals surface area contributed by atoms with Crippen LogP contribution in [0, 0.1) is 18.6 Å². The number of aromatic nitrogens is 3. The number of carbonyl (C=O) groups is 1. The average molecular weight is 578 g/mol. The van der Waals surface area contributed by atoms with E-state index in [0.29, 0.717) is 58.0 Å². The standard InChI is InChI=1S/C31H29F2N3O6/c1-16-34-26(35-42-16)10-11-31(2,3)29-27(17-6-8-20(30(38)39)24(12-17)40-4)28-22(13-18(32)14-23(28)37)36(29)19-7-9-21(33)25(15-19)41-5/h6-9,12-15,37H,10-11H2,1-5H3,(H,38,39). The van der Waals surface area contributed by atoms with Crippen molar-refractivity contribution in [3.8, 4) is 34.1 Å². The Bertz CT molecular complexity index is 1830. The van der Waals surface area contributed by atoms with Gasteiger partial charge in [0.25, 0.3) is 0 Å². The highest BCUT2D eigenvalue weighted by atomic mass is 19.1. The van der Waals surface area contributed by atoms with E-state index in [4.69, 9.17) is 14.0 Å². The highest BCUT2D eigenvalue weighted by molar-refractivity contribution is 6.04. The molecule has 2 aromatic heterocycles. The van der Waals surface area contributed by atoms with E-state index in [9.17, 15) is 23.8 Å². The molecule has 5 rings (SSSR count). The van der Waals surface area contributed by atoms with Crippen LogP contribution >= 0.6 is 0 Å². The van der Waals surface area contributed by atoms with Gasteiger partial charge in [-0.15, -0.1) is 0 Å². The van der Waals surface area contributed by atoms with Crippen LogP contribution in [0.25, 0.3) is 27.7 Å². The number of benzene rings is 3. The molecule has 0 spiro atoms. The summed E-state index contributed by atoms with van der Waals surface area (Å²) in [5.74, 6) is -1.71. The third kappa shape index (κ3) is 5.02. The zero-order chi connectivity index (χ0) is 30.3. The predicted octanol–water partition coefficient (Wildman–Crippen LogP) is 6.60.